The van der Waals surface area contributed by atoms with Crippen LogP contribution in [0.2, 0.25) is 0 Å². The highest BCUT2D eigenvalue weighted by molar-refractivity contribution is 5.69. The van der Waals surface area contributed by atoms with Crippen molar-refractivity contribution >= 4 is 5.97 Å². The molecular formula is C10H18O4. The molecule has 1 heterocycles. The topological polar surface area (TPSA) is 55.8 Å². The van der Waals surface area contributed by atoms with Gasteiger partial charge >= 0.3 is 5.97 Å². The summed E-state index contributed by atoms with van der Waals surface area (Å²) in [6.45, 7) is 2.68. The van der Waals surface area contributed by atoms with E-state index in [2.05, 4.69) is 0 Å². The van der Waals surface area contributed by atoms with Crippen molar-refractivity contribution in [2.24, 2.45) is 0 Å². The summed E-state index contributed by atoms with van der Waals surface area (Å²) in [5.74, 6) is -0.212. The first kappa shape index (κ1) is 11.5. The molecule has 0 aliphatic carbocycles. The summed E-state index contributed by atoms with van der Waals surface area (Å²) in [6, 6.07) is 0. The highest BCUT2D eigenvalue weighted by Gasteiger charge is 2.35. The van der Waals surface area contributed by atoms with Crippen LogP contribution in [0.4, 0.5) is 0 Å². The average Bonchev–Trinajstić information content (AvgIpc) is 2.65. The standard InChI is InChI=1S/C10H18O4/c1-2-4-9(12)13-8-10(7-11)5-3-6-14-10/h11H,2-8H2,1H3/t10-/m1/s1. The monoisotopic (exact) mass is 202 g/mol. The molecule has 0 aromatic rings. The van der Waals surface area contributed by atoms with Gasteiger partial charge in [0.15, 0.2) is 0 Å². The summed E-state index contributed by atoms with van der Waals surface area (Å²) in [6.07, 6.45) is 2.90. The molecule has 0 amide bonds. The minimum atomic E-state index is -0.622. The number of aliphatic hydroxyl groups is 1. The number of ether oxygens (including phenoxy) is 2. The lowest BCUT2D eigenvalue weighted by Crippen LogP contribution is -2.38. The summed E-state index contributed by atoms with van der Waals surface area (Å²) < 4.78 is 10.4. The number of aliphatic hydroxyl groups excluding tert-OH is 1. The Hall–Kier alpha value is -0.610. The quantitative estimate of drug-likeness (QED) is 0.672. The Labute approximate surface area is 84.2 Å². The van der Waals surface area contributed by atoms with Gasteiger partial charge in [-0.3, -0.25) is 4.79 Å². The lowest BCUT2D eigenvalue weighted by molar-refractivity contribution is -0.155. The Morgan fingerprint density at radius 3 is 2.93 bits per heavy atom. The number of rotatable bonds is 5. The molecule has 0 radical (unpaired) electrons. The van der Waals surface area contributed by atoms with Crippen LogP contribution in [0.1, 0.15) is 32.6 Å². The van der Waals surface area contributed by atoms with E-state index < -0.39 is 5.60 Å². The molecule has 14 heavy (non-hydrogen) atoms. The molecule has 0 saturated carbocycles. The van der Waals surface area contributed by atoms with Crippen LogP contribution < -0.4 is 0 Å². The summed E-state index contributed by atoms with van der Waals surface area (Å²) in [7, 11) is 0. The van der Waals surface area contributed by atoms with E-state index in [1.165, 1.54) is 0 Å². The van der Waals surface area contributed by atoms with Crippen molar-refractivity contribution in [1.29, 1.82) is 0 Å². The zero-order chi connectivity index (χ0) is 10.4. The van der Waals surface area contributed by atoms with Gasteiger partial charge in [-0.25, -0.2) is 0 Å². The smallest absolute Gasteiger partial charge is 0.305 e. The van der Waals surface area contributed by atoms with Crippen molar-refractivity contribution in [2.45, 2.75) is 38.2 Å². The minimum absolute atomic E-state index is 0.0770. The molecule has 0 aromatic carbocycles. The van der Waals surface area contributed by atoms with E-state index in [-0.39, 0.29) is 19.2 Å². The van der Waals surface area contributed by atoms with Crippen LogP contribution in [0.25, 0.3) is 0 Å². The third-order valence-corrected chi connectivity index (χ3v) is 2.42. The molecule has 0 spiro atoms. The molecule has 0 aromatic heterocycles. The third-order valence-electron chi connectivity index (χ3n) is 2.42. The van der Waals surface area contributed by atoms with Crippen molar-refractivity contribution < 1.29 is 19.4 Å². The molecule has 1 rings (SSSR count). The number of hydrogen-bond acceptors (Lipinski definition) is 4. The first-order valence-corrected chi connectivity index (χ1v) is 5.13. The Kier molecular flexibility index (Phi) is 4.35. The van der Waals surface area contributed by atoms with E-state index in [1.54, 1.807) is 0 Å². The average molecular weight is 202 g/mol. The zero-order valence-corrected chi connectivity index (χ0v) is 8.62. The molecule has 1 N–H and O–H groups in total. The van der Waals surface area contributed by atoms with Gasteiger partial charge in [0.2, 0.25) is 0 Å². The Morgan fingerprint density at radius 2 is 2.43 bits per heavy atom. The molecule has 1 atom stereocenters. The molecular weight excluding hydrogens is 184 g/mol. The van der Waals surface area contributed by atoms with Crippen LogP contribution in [-0.2, 0) is 14.3 Å². The summed E-state index contributed by atoms with van der Waals surface area (Å²) in [5, 5.41) is 9.14. The van der Waals surface area contributed by atoms with Gasteiger partial charge in [-0.2, -0.15) is 0 Å². The fraction of sp³-hybridized carbons (Fsp3) is 0.900. The predicted octanol–water partition coefficient (Wildman–Crippen LogP) is 0.871. The molecule has 0 bridgehead atoms. The van der Waals surface area contributed by atoms with Crippen molar-refractivity contribution in [1.82, 2.24) is 0 Å². The SMILES string of the molecule is CCCC(=O)OC[C@]1(CO)CCCO1. The predicted molar refractivity (Wildman–Crippen MR) is 50.9 cm³/mol. The normalized spacial score (nSPS) is 26.4. The van der Waals surface area contributed by atoms with Crippen LogP contribution in [-0.4, -0.2) is 36.5 Å². The number of carbonyl (C=O) groups is 1. The molecule has 0 unspecified atom stereocenters. The molecule has 1 aliphatic rings. The summed E-state index contributed by atoms with van der Waals surface area (Å²) in [5.41, 5.74) is -0.622. The van der Waals surface area contributed by atoms with Crippen molar-refractivity contribution in [3.8, 4) is 0 Å². The van der Waals surface area contributed by atoms with Gasteiger partial charge in [0, 0.05) is 13.0 Å². The maximum atomic E-state index is 11.1. The largest absolute Gasteiger partial charge is 0.463 e. The second kappa shape index (κ2) is 5.32. The van der Waals surface area contributed by atoms with E-state index in [9.17, 15) is 4.79 Å². The van der Waals surface area contributed by atoms with Gasteiger partial charge in [0.05, 0.1) is 6.61 Å². The van der Waals surface area contributed by atoms with E-state index >= 15 is 0 Å². The van der Waals surface area contributed by atoms with E-state index in [1.807, 2.05) is 6.92 Å². The maximum absolute atomic E-state index is 11.1. The Bertz CT molecular complexity index is 185. The number of esters is 1. The van der Waals surface area contributed by atoms with Crippen molar-refractivity contribution in [3.05, 3.63) is 0 Å². The van der Waals surface area contributed by atoms with Crippen LogP contribution in [0.15, 0.2) is 0 Å². The second-order valence-corrected chi connectivity index (χ2v) is 3.70. The highest BCUT2D eigenvalue weighted by atomic mass is 16.6. The molecule has 4 nitrogen and oxygen atoms in total. The van der Waals surface area contributed by atoms with Crippen LogP contribution in [0.5, 0.6) is 0 Å². The third kappa shape index (κ3) is 2.96. The number of hydrogen-bond donors (Lipinski definition) is 1. The lowest BCUT2D eigenvalue weighted by atomic mass is 10.0. The van der Waals surface area contributed by atoms with Crippen LogP contribution in [0, 0.1) is 0 Å². The van der Waals surface area contributed by atoms with Gasteiger partial charge in [-0.05, 0) is 19.3 Å². The van der Waals surface area contributed by atoms with E-state index in [4.69, 9.17) is 14.6 Å². The molecule has 1 saturated heterocycles. The van der Waals surface area contributed by atoms with Crippen molar-refractivity contribution in [2.75, 3.05) is 19.8 Å². The molecule has 4 heteroatoms. The van der Waals surface area contributed by atoms with Gasteiger partial charge in [0.25, 0.3) is 0 Å². The fourth-order valence-electron chi connectivity index (χ4n) is 1.53. The summed E-state index contributed by atoms with van der Waals surface area (Å²) >= 11 is 0. The van der Waals surface area contributed by atoms with E-state index in [0.29, 0.717) is 13.0 Å². The van der Waals surface area contributed by atoms with Crippen LogP contribution >= 0.6 is 0 Å². The van der Waals surface area contributed by atoms with E-state index in [0.717, 1.165) is 19.3 Å². The lowest BCUT2D eigenvalue weighted by Gasteiger charge is -2.25. The fourth-order valence-corrected chi connectivity index (χ4v) is 1.53. The first-order chi connectivity index (χ1) is 6.72. The second-order valence-electron chi connectivity index (χ2n) is 3.70. The molecule has 1 fully saturated rings. The minimum Gasteiger partial charge on any atom is -0.463 e. The zero-order valence-electron chi connectivity index (χ0n) is 8.62. The number of carbonyl (C=O) groups excluding carboxylic acids is 1. The molecule has 82 valence electrons. The first-order valence-electron chi connectivity index (χ1n) is 5.13. The highest BCUT2D eigenvalue weighted by Crippen LogP contribution is 2.25. The van der Waals surface area contributed by atoms with Gasteiger partial charge in [0.1, 0.15) is 12.2 Å². The van der Waals surface area contributed by atoms with Gasteiger partial charge in [-0.15, -0.1) is 0 Å². The van der Waals surface area contributed by atoms with Crippen molar-refractivity contribution in [3.63, 3.8) is 0 Å². The Morgan fingerprint density at radius 1 is 1.64 bits per heavy atom. The van der Waals surface area contributed by atoms with Crippen LogP contribution in [0.3, 0.4) is 0 Å². The Balaban J connectivity index is 2.30. The van der Waals surface area contributed by atoms with Gasteiger partial charge in [-0.1, -0.05) is 6.92 Å². The summed E-state index contributed by atoms with van der Waals surface area (Å²) in [4.78, 5) is 11.1. The molecule has 1 aliphatic heterocycles. The van der Waals surface area contributed by atoms with Gasteiger partial charge < -0.3 is 14.6 Å². The maximum Gasteiger partial charge on any atom is 0.305 e.